The third-order valence-corrected chi connectivity index (χ3v) is 4.32. The number of likely N-dealkylation sites (N-methyl/N-ethyl adjacent to an activating group) is 1. The van der Waals surface area contributed by atoms with Crippen LogP contribution in [0.1, 0.15) is 24.9 Å². The third kappa shape index (κ3) is 4.56. The van der Waals surface area contributed by atoms with Crippen LogP contribution < -0.4 is 4.74 Å². The van der Waals surface area contributed by atoms with Crippen LogP contribution in [-0.2, 0) is 4.74 Å². The smallest absolute Gasteiger partial charge is 0.348 e. The molecule has 0 N–H and O–H groups in total. The third-order valence-electron chi connectivity index (χ3n) is 3.27. The van der Waals surface area contributed by atoms with Crippen molar-refractivity contribution in [3.63, 3.8) is 0 Å². The zero-order valence-corrected chi connectivity index (χ0v) is 14.2. The van der Waals surface area contributed by atoms with Crippen LogP contribution in [0.5, 0.6) is 5.75 Å². The number of esters is 1. The highest BCUT2D eigenvalue weighted by Gasteiger charge is 2.17. The second-order valence-corrected chi connectivity index (χ2v) is 6.13. The van der Waals surface area contributed by atoms with Gasteiger partial charge in [0.1, 0.15) is 17.2 Å². The molecule has 122 valence electrons. The molecule has 1 amide bonds. The number of thiophene rings is 1. The molecule has 0 aliphatic carbocycles. The van der Waals surface area contributed by atoms with Crippen molar-refractivity contribution in [1.29, 1.82) is 0 Å². The Balaban J connectivity index is 1.86. The standard InChI is InChI=1S/C17H19NO4S/c1-12-4-6-13(7-5-12)22-11-10-18(2)16(19)14-8-9-15(23-14)17(20)21-3/h4-9H,10-11H2,1-3H3. The van der Waals surface area contributed by atoms with E-state index in [1.165, 1.54) is 12.7 Å². The van der Waals surface area contributed by atoms with Crippen molar-refractivity contribution in [2.45, 2.75) is 6.92 Å². The van der Waals surface area contributed by atoms with Gasteiger partial charge in [0.15, 0.2) is 0 Å². The van der Waals surface area contributed by atoms with E-state index in [0.29, 0.717) is 22.9 Å². The average molecular weight is 333 g/mol. The lowest BCUT2D eigenvalue weighted by atomic mass is 10.2. The molecule has 23 heavy (non-hydrogen) atoms. The summed E-state index contributed by atoms with van der Waals surface area (Å²) in [5, 5.41) is 0. The van der Waals surface area contributed by atoms with E-state index in [0.717, 1.165) is 17.1 Å². The number of methoxy groups -OCH3 is 1. The lowest BCUT2D eigenvalue weighted by molar-refractivity contribution is 0.0606. The predicted molar refractivity (Wildman–Crippen MR) is 89.3 cm³/mol. The van der Waals surface area contributed by atoms with E-state index >= 15 is 0 Å². The number of hydrogen-bond donors (Lipinski definition) is 0. The van der Waals surface area contributed by atoms with Gasteiger partial charge in [-0.25, -0.2) is 4.79 Å². The monoisotopic (exact) mass is 333 g/mol. The van der Waals surface area contributed by atoms with E-state index < -0.39 is 5.97 Å². The molecular weight excluding hydrogens is 314 g/mol. The molecular formula is C17H19NO4S. The molecule has 1 aromatic heterocycles. The van der Waals surface area contributed by atoms with Gasteiger partial charge in [-0.1, -0.05) is 17.7 Å². The number of nitrogens with zero attached hydrogens (tertiary/aromatic N) is 1. The van der Waals surface area contributed by atoms with Crippen molar-refractivity contribution in [1.82, 2.24) is 4.90 Å². The average Bonchev–Trinajstić information content (AvgIpc) is 3.05. The first-order valence-corrected chi connectivity index (χ1v) is 7.96. The van der Waals surface area contributed by atoms with Gasteiger partial charge in [0, 0.05) is 7.05 Å². The number of carbonyl (C=O) groups is 2. The number of hydrogen-bond acceptors (Lipinski definition) is 5. The zero-order chi connectivity index (χ0) is 16.8. The first-order valence-electron chi connectivity index (χ1n) is 7.14. The first kappa shape index (κ1) is 17.0. The molecule has 0 spiro atoms. The second kappa shape index (κ2) is 7.78. The van der Waals surface area contributed by atoms with Gasteiger partial charge in [-0.15, -0.1) is 11.3 Å². The quantitative estimate of drug-likeness (QED) is 0.763. The number of carbonyl (C=O) groups excluding carboxylic acids is 2. The maximum atomic E-state index is 12.3. The molecule has 0 saturated carbocycles. The van der Waals surface area contributed by atoms with Crippen LogP contribution in [0, 0.1) is 6.92 Å². The Bertz CT molecular complexity index is 678. The summed E-state index contributed by atoms with van der Waals surface area (Å²) in [4.78, 5) is 26.2. The van der Waals surface area contributed by atoms with Crippen LogP contribution in [0.15, 0.2) is 36.4 Å². The van der Waals surface area contributed by atoms with Crippen molar-refractivity contribution >= 4 is 23.2 Å². The molecule has 0 aliphatic rings. The first-order chi connectivity index (χ1) is 11.0. The summed E-state index contributed by atoms with van der Waals surface area (Å²) in [6.07, 6.45) is 0. The number of ether oxygens (including phenoxy) is 2. The van der Waals surface area contributed by atoms with Crippen molar-refractivity contribution < 1.29 is 19.1 Å². The van der Waals surface area contributed by atoms with Crippen LogP contribution in [0.3, 0.4) is 0 Å². The number of benzene rings is 1. The zero-order valence-electron chi connectivity index (χ0n) is 13.4. The van der Waals surface area contributed by atoms with Crippen LogP contribution in [0.4, 0.5) is 0 Å². The van der Waals surface area contributed by atoms with Gasteiger partial charge in [0.25, 0.3) is 5.91 Å². The summed E-state index contributed by atoms with van der Waals surface area (Å²) in [5.74, 6) is 0.206. The van der Waals surface area contributed by atoms with E-state index in [-0.39, 0.29) is 5.91 Å². The minimum atomic E-state index is -0.431. The van der Waals surface area contributed by atoms with Gasteiger partial charge in [-0.2, -0.15) is 0 Å². The van der Waals surface area contributed by atoms with Gasteiger partial charge in [-0.3, -0.25) is 4.79 Å². The van der Waals surface area contributed by atoms with Gasteiger partial charge >= 0.3 is 5.97 Å². The lowest BCUT2D eigenvalue weighted by Gasteiger charge is -2.16. The molecule has 2 aromatic rings. The Morgan fingerprint density at radius 3 is 2.39 bits per heavy atom. The molecule has 0 unspecified atom stereocenters. The summed E-state index contributed by atoms with van der Waals surface area (Å²) in [6, 6.07) is 11.0. The predicted octanol–water partition coefficient (Wildman–Crippen LogP) is 2.99. The van der Waals surface area contributed by atoms with Crippen molar-refractivity contribution in [3.8, 4) is 5.75 Å². The lowest BCUT2D eigenvalue weighted by Crippen LogP contribution is -2.30. The molecule has 0 radical (unpaired) electrons. The summed E-state index contributed by atoms with van der Waals surface area (Å²) < 4.78 is 10.3. The Labute approximate surface area is 139 Å². The number of rotatable bonds is 6. The molecule has 2 rings (SSSR count). The summed E-state index contributed by atoms with van der Waals surface area (Å²) in [7, 11) is 3.02. The fourth-order valence-electron chi connectivity index (χ4n) is 1.89. The molecule has 0 atom stereocenters. The summed E-state index contributed by atoms with van der Waals surface area (Å²) >= 11 is 1.13. The van der Waals surface area contributed by atoms with E-state index in [1.807, 2.05) is 31.2 Å². The van der Waals surface area contributed by atoms with Gasteiger partial charge < -0.3 is 14.4 Å². The molecule has 5 nitrogen and oxygen atoms in total. The van der Waals surface area contributed by atoms with E-state index in [9.17, 15) is 9.59 Å². The summed E-state index contributed by atoms with van der Waals surface area (Å²) in [5.41, 5.74) is 1.17. The Kier molecular flexibility index (Phi) is 5.76. The topological polar surface area (TPSA) is 55.8 Å². The highest BCUT2D eigenvalue weighted by Crippen LogP contribution is 2.19. The number of aryl methyl sites for hydroxylation is 1. The van der Waals surface area contributed by atoms with Crippen LogP contribution in [-0.4, -0.2) is 44.1 Å². The van der Waals surface area contributed by atoms with Gasteiger partial charge in [0.05, 0.1) is 18.5 Å². The Morgan fingerprint density at radius 1 is 1.09 bits per heavy atom. The molecule has 0 fully saturated rings. The second-order valence-electron chi connectivity index (χ2n) is 5.04. The SMILES string of the molecule is COC(=O)c1ccc(C(=O)N(C)CCOc2ccc(C)cc2)s1. The fraction of sp³-hybridized carbons (Fsp3) is 0.294. The van der Waals surface area contributed by atoms with Crippen molar-refractivity contribution in [2.75, 3.05) is 27.3 Å². The maximum Gasteiger partial charge on any atom is 0.348 e. The minimum absolute atomic E-state index is 0.141. The van der Waals surface area contributed by atoms with Crippen LogP contribution in [0.2, 0.25) is 0 Å². The normalized spacial score (nSPS) is 10.2. The molecule has 6 heteroatoms. The fourth-order valence-corrected chi connectivity index (χ4v) is 2.81. The molecule has 1 heterocycles. The minimum Gasteiger partial charge on any atom is -0.492 e. The summed E-state index contributed by atoms with van der Waals surface area (Å²) in [6.45, 7) is 2.87. The van der Waals surface area contributed by atoms with Crippen molar-refractivity contribution in [2.24, 2.45) is 0 Å². The van der Waals surface area contributed by atoms with Gasteiger partial charge in [-0.05, 0) is 31.2 Å². The molecule has 0 bridgehead atoms. The maximum absolute atomic E-state index is 12.3. The number of amides is 1. The molecule has 1 aromatic carbocycles. The van der Waals surface area contributed by atoms with E-state index in [1.54, 1.807) is 24.1 Å². The molecule has 0 aliphatic heterocycles. The van der Waals surface area contributed by atoms with Crippen molar-refractivity contribution in [3.05, 3.63) is 51.7 Å². The van der Waals surface area contributed by atoms with E-state index in [2.05, 4.69) is 4.74 Å². The largest absolute Gasteiger partial charge is 0.492 e. The Morgan fingerprint density at radius 2 is 1.74 bits per heavy atom. The molecule has 0 saturated heterocycles. The van der Waals surface area contributed by atoms with E-state index in [4.69, 9.17) is 4.74 Å². The van der Waals surface area contributed by atoms with Crippen LogP contribution >= 0.6 is 11.3 Å². The van der Waals surface area contributed by atoms with Gasteiger partial charge in [0.2, 0.25) is 0 Å². The Hall–Kier alpha value is -2.34. The van der Waals surface area contributed by atoms with Crippen LogP contribution in [0.25, 0.3) is 0 Å². The highest BCUT2D eigenvalue weighted by molar-refractivity contribution is 7.15. The highest BCUT2D eigenvalue weighted by atomic mass is 32.1.